The smallest absolute Gasteiger partial charge is 0.407 e. The second-order valence-electron chi connectivity index (χ2n) is 5.54. The summed E-state index contributed by atoms with van der Waals surface area (Å²) in [4.78, 5) is 41.1. The average molecular weight is 339 g/mol. The first-order valence-corrected chi connectivity index (χ1v) is 7.52. The number of aryl methyl sites for hydroxylation is 1. The highest BCUT2D eigenvalue weighted by Gasteiger charge is 2.26. The number of aromatic nitrogens is 3. The van der Waals surface area contributed by atoms with E-state index in [0.717, 1.165) is 0 Å². The summed E-state index contributed by atoms with van der Waals surface area (Å²) in [6.45, 7) is 0.632. The van der Waals surface area contributed by atoms with E-state index in [4.69, 9.17) is 16.7 Å². The molecule has 1 aliphatic heterocycles. The Morgan fingerprint density at radius 3 is 2.57 bits per heavy atom. The molecule has 1 amide bonds. The predicted octanol–water partition coefficient (Wildman–Crippen LogP) is 1.06. The van der Waals surface area contributed by atoms with Crippen LogP contribution in [0.2, 0.25) is 5.02 Å². The first kappa shape index (κ1) is 15.5. The highest BCUT2D eigenvalue weighted by atomic mass is 35.5. The van der Waals surface area contributed by atoms with Gasteiger partial charge in [-0.05, 0) is 18.9 Å². The summed E-state index contributed by atoms with van der Waals surface area (Å²) >= 11 is 5.94. The molecule has 0 radical (unpaired) electrons. The van der Waals surface area contributed by atoms with Crippen molar-refractivity contribution in [2.24, 2.45) is 7.05 Å². The quantitative estimate of drug-likeness (QED) is 0.784. The molecular formula is C14H15ClN4O4. The fraction of sp³-hybridized carbons (Fsp3) is 0.429. The van der Waals surface area contributed by atoms with Gasteiger partial charge >= 0.3 is 17.2 Å². The van der Waals surface area contributed by atoms with Crippen molar-refractivity contribution in [3.8, 4) is 0 Å². The van der Waals surface area contributed by atoms with Gasteiger partial charge in [-0.1, -0.05) is 11.6 Å². The molecule has 2 aromatic heterocycles. The van der Waals surface area contributed by atoms with Crippen LogP contribution < -0.4 is 11.1 Å². The molecule has 0 atom stereocenters. The number of likely N-dealkylation sites (tertiary alicyclic amines) is 1. The van der Waals surface area contributed by atoms with Gasteiger partial charge in [0.1, 0.15) is 0 Å². The second-order valence-corrected chi connectivity index (χ2v) is 5.97. The van der Waals surface area contributed by atoms with Crippen LogP contribution in [0, 0.1) is 0 Å². The normalized spacial score (nSPS) is 16.0. The third kappa shape index (κ3) is 2.59. The summed E-state index contributed by atoms with van der Waals surface area (Å²) in [6.07, 6.45) is 1.36. The number of piperidine rings is 1. The van der Waals surface area contributed by atoms with Gasteiger partial charge in [0.05, 0.1) is 10.5 Å². The molecule has 1 N–H and O–H groups in total. The van der Waals surface area contributed by atoms with Gasteiger partial charge in [0.15, 0.2) is 5.65 Å². The number of carboxylic acid groups (broad SMARTS) is 1. The Labute approximate surface area is 135 Å². The molecule has 0 saturated carbocycles. The SMILES string of the molecule is Cn1c(=O)c(=O)n(C2CCN(C(=O)O)CC2)c2ncc(Cl)cc21. The molecular weight excluding hydrogens is 324 g/mol. The summed E-state index contributed by atoms with van der Waals surface area (Å²) in [5, 5.41) is 9.38. The van der Waals surface area contributed by atoms with E-state index in [0.29, 0.717) is 42.1 Å². The van der Waals surface area contributed by atoms with E-state index in [-0.39, 0.29) is 6.04 Å². The zero-order valence-corrected chi connectivity index (χ0v) is 13.2. The summed E-state index contributed by atoms with van der Waals surface area (Å²) < 4.78 is 2.62. The Kier molecular flexibility index (Phi) is 3.85. The van der Waals surface area contributed by atoms with Gasteiger partial charge in [-0.15, -0.1) is 0 Å². The highest BCUT2D eigenvalue weighted by Crippen LogP contribution is 2.24. The van der Waals surface area contributed by atoms with Crippen molar-refractivity contribution in [1.82, 2.24) is 19.0 Å². The number of pyridine rings is 1. The number of nitrogens with zero attached hydrogens (tertiary/aromatic N) is 4. The van der Waals surface area contributed by atoms with Gasteiger partial charge in [-0.3, -0.25) is 14.2 Å². The summed E-state index contributed by atoms with van der Waals surface area (Å²) in [5.74, 6) is 0. The van der Waals surface area contributed by atoms with Gasteiger partial charge in [-0.25, -0.2) is 9.78 Å². The van der Waals surface area contributed by atoms with Crippen LogP contribution in [-0.2, 0) is 7.05 Å². The van der Waals surface area contributed by atoms with Crippen LogP contribution in [0.3, 0.4) is 0 Å². The van der Waals surface area contributed by atoms with Gasteiger partial charge in [-0.2, -0.15) is 0 Å². The molecule has 8 nitrogen and oxygen atoms in total. The second kappa shape index (κ2) is 5.69. The van der Waals surface area contributed by atoms with Gasteiger partial charge in [0.2, 0.25) is 0 Å². The Balaban J connectivity index is 2.13. The first-order chi connectivity index (χ1) is 10.9. The molecule has 23 heavy (non-hydrogen) atoms. The Morgan fingerprint density at radius 2 is 1.96 bits per heavy atom. The molecule has 0 aliphatic carbocycles. The predicted molar refractivity (Wildman–Crippen MR) is 84.1 cm³/mol. The first-order valence-electron chi connectivity index (χ1n) is 7.15. The van der Waals surface area contributed by atoms with Crippen molar-refractivity contribution in [3.05, 3.63) is 38.0 Å². The van der Waals surface area contributed by atoms with E-state index < -0.39 is 17.2 Å². The maximum Gasteiger partial charge on any atom is 0.407 e. The van der Waals surface area contributed by atoms with Crippen molar-refractivity contribution in [2.75, 3.05) is 13.1 Å². The number of hydrogen-bond donors (Lipinski definition) is 1. The lowest BCUT2D eigenvalue weighted by Crippen LogP contribution is -2.45. The topological polar surface area (TPSA) is 97.4 Å². The molecule has 3 rings (SSSR count). The Bertz CT molecular complexity index is 896. The van der Waals surface area contributed by atoms with Gasteiger partial charge < -0.3 is 14.6 Å². The number of fused-ring (bicyclic) bond motifs is 1. The number of hydrogen-bond acceptors (Lipinski definition) is 4. The molecule has 0 bridgehead atoms. The number of halogens is 1. The van der Waals surface area contributed by atoms with Gasteiger partial charge in [0.25, 0.3) is 0 Å². The third-order valence-electron chi connectivity index (χ3n) is 4.21. The van der Waals surface area contributed by atoms with E-state index >= 15 is 0 Å². The molecule has 1 saturated heterocycles. The third-order valence-corrected chi connectivity index (χ3v) is 4.42. The minimum Gasteiger partial charge on any atom is -0.465 e. The summed E-state index contributed by atoms with van der Waals surface area (Å²) in [6, 6.07) is 1.33. The van der Waals surface area contributed by atoms with Crippen LogP contribution >= 0.6 is 11.6 Å². The van der Waals surface area contributed by atoms with E-state index in [1.165, 1.54) is 27.3 Å². The van der Waals surface area contributed by atoms with Crippen LogP contribution in [0.4, 0.5) is 4.79 Å². The van der Waals surface area contributed by atoms with Crippen molar-refractivity contribution in [1.29, 1.82) is 0 Å². The standard InChI is InChI=1S/C14H15ClN4O4/c1-17-10-6-8(15)7-16-11(10)19(13(21)12(17)20)9-2-4-18(5-3-9)14(22)23/h6-7,9H,2-5H2,1H3,(H,22,23). The molecule has 3 heterocycles. The van der Waals surface area contributed by atoms with Crippen molar-refractivity contribution in [2.45, 2.75) is 18.9 Å². The molecule has 9 heteroatoms. The molecule has 0 unspecified atom stereocenters. The maximum absolute atomic E-state index is 12.4. The van der Waals surface area contributed by atoms with Crippen LogP contribution in [-0.4, -0.2) is 43.3 Å². The summed E-state index contributed by atoms with van der Waals surface area (Å²) in [7, 11) is 1.50. The minimum atomic E-state index is -0.977. The largest absolute Gasteiger partial charge is 0.465 e. The monoisotopic (exact) mass is 338 g/mol. The van der Waals surface area contributed by atoms with Crippen LogP contribution in [0.15, 0.2) is 21.9 Å². The zero-order chi connectivity index (χ0) is 16.7. The molecule has 2 aromatic rings. The van der Waals surface area contributed by atoms with Crippen molar-refractivity contribution in [3.63, 3.8) is 0 Å². The van der Waals surface area contributed by atoms with Crippen molar-refractivity contribution < 1.29 is 9.90 Å². The molecule has 0 spiro atoms. The highest BCUT2D eigenvalue weighted by molar-refractivity contribution is 6.31. The number of amides is 1. The molecule has 122 valence electrons. The van der Waals surface area contributed by atoms with Crippen LogP contribution in [0.5, 0.6) is 0 Å². The van der Waals surface area contributed by atoms with Crippen LogP contribution in [0.25, 0.3) is 11.2 Å². The van der Waals surface area contributed by atoms with E-state index in [1.54, 1.807) is 6.07 Å². The van der Waals surface area contributed by atoms with E-state index in [1.807, 2.05) is 0 Å². The van der Waals surface area contributed by atoms with E-state index in [9.17, 15) is 14.4 Å². The molecule has 1 fully saturated rings. The fourth-order valence-corrected chi connectivity index (χ4v) is 3.11. The van der Waals surface area contributed by atoms with Crippen LogP contribution in [0.1, 0.15) is 18.9 Å². The summed E-state index contributed by atoms with van der Waals surface area (Å²) in [5.41, 5.74) is -0.441. The molecule has 0 aromatic carbocycles. The van der Waals surface area contributed by atoms with E-state index in [2.05, 4.69) is 4.98 Å². The van der Waals surface area contributed by atoms with Gasteiger partial charge in [0, 0.05) is 32.4 Å². The Morgan fingerprint density at radius 1 is 1.30 bits per heavy atom. The zero-order valence-electron chi connectivity index (χ0n) is 12.4. The average Bonchev–Trinajstić information content (AvgIpc) is 2.54. The maximum atomic E-state index is 12.4. The number of rotatable bonds is 1. The lowest BCUT2D eigenvalue weighted by molar-refractivity contribution is 0.125. The number of carbonyl (C=O) groups is 1. The lowest BCUT2D eigenvalue weighted by atomic mass is 10.0. The van der Waals surface area contributed by atoms with Crippen molar-refractivity contribution >= 4 is 28.9 Å². The Hall–Kier alpha value is -2.35. The fourth-order valence-electron chi connectivity index (χ4n) is 2.96. The lowest BCUT2D eigenvalue weighted by Gasteiger charge is -2.31. The molecule has 1 aliphatic rings. The minimum absolute atomic E-state index is 0.261.